The molecule has 2 aromatic rings. The summed E-state index contributed by atoms with van der Waals surface area (Å²) in [5.74, 6) is 0.423. The van der Waals surface area contributed by atoms with Crippen LogP contribution in [0.25, 0.3) is 0 Å². The first-order valence-electron chi connectivity index (χ1n) is 9.19. The molecular formula is C20H24N2O5. The first-order chi connectivity index (χ1) is 13.1. The largest absolute Gasteiger partial charge is 0.494 e. The van der Waals surface area contributed by atoms with Crippen molar-refractivity contribution in [1.29, 1.82) is 0 Å². The zero-order valence-electron chi connectivity index (χ0n) is 15.6. The number of esters is 1. The number of carbonyl (C=O) groups excluding carboxylic acids is 2. The van der Waals surface area contributed by atoms with Gasteiger partial charge in [0.1, 0.15) is 12.0 Å². The van der Waals surface area contributed by atoms with Gasteiger partial charge in [-0.3, -0.25) is 4.79 Å². The summed E-state index contributed by atoms with van der Waals surface area (Å²) in [6.45, 7) is 3.00. The molecule has 0 aliphatic heterocycles. The van der Waals surface area contributed by atoms with Crippen LogP contribution in [-0.4, -0.2) is 41.5 Å². The Kier molecular flexibility index (Phi) is 6.11. The summed E-state index contributed by atoms with van der Waals surface area (Å²) in [5, 5.41) is 0. The van der Waals surface area contributed by atoms with E-state index in [2.05, 4.69) is 16.6 Å². The Labute approximate surface area is 158 Å². The second-order valence-electron chi connectivity index (χ2n) is 6.51. The monoisotopic (exact) mass is 372 g/mol. The number of ether oxygens (including phenoxy) is 2. The second-order valence-corrected chi connectivity index (χ2v) is 6.51. The van der Waals surface area contributed by atoms with Gasteiger partial charge in [-0.15, -0.1) is 0 Å². The number of amides is 1. The van der Waals surface area contributed by atoms with Crippen molar-refractivity contribution in [3.05, 3.63) is 47.7 Å². The minimum absolute atomic E-state index is 0.0876. The number of oxazole rings is 1. The van der Waals surface area contributed by atoms with E-state index in [0.717, 1.165) is 31.4 Å². The Hall–Kier alpha value is -2.83. The lowest BCUT2D eigenvalue weighted by molar-refractivity contribution is 0.0594. The maximum atomic E-state index is 12.9. The van der Waals surface area contributed by atoms with Gasteiger partial charge in [0.05, 0.1) is 20.3 Å². The summed E-state index contributed by atoms with van der Waals surface area (Å²) in [6.07, 6.45) is 5.23. The van der Waals surface area contributed by atoms with Crippen LogP contribution in [0, 0.1) is 0 Å². The van der Waals surface area contributed by atoms with Gasteiger partial charge in [-0.2, -0.15) is 0 Å². The number of hydrogen-bond donors (Lipinski definition) is 0. The number of nitrogens with zero attached hydrogens (tertiary/aromatic N) is 2. The molecular weight excluding hydrogens is 348 g/mol. The van der Waals surface area contributed by atoms with E-state index in [0.29, 0.717) is 18.1 Å². The molecule has 7 heteroatoms. The van der Waals surface area contributed by atoms with E-state index in [-0.39, 0.29) is 24.2 Å². The van der Waals surface area contributed by atoms with Gasteiger partial charge < -0.3 is 18.8 Å². The molecule has 0 spiro atoms. The molecule has 7 nitrogen and oxygen atoms in total. The van der Waals surface area contributed by atoms with E-state index in [4.69, 9.17) is 9.15 Å². The maximum absolute atomic E-state index is 12.9. The zero-order chi connectivity index (χ0) is 19.2. The Morgan fingerprint density at radius 3 is 2.63 bits per heavy atom. The molecule has 3 rings (SSSR count). The molecule has 27 heavy (non-hydrogen) atoms. The fourth-order valence-electron chi connectivity index (χ4n) is 2.67. The predicted octanol–water partition coefficient (Wildman–Crippen LogP) is 3.44. The highest BCUT2D eigenvalue weighted by Crippen LogP contribution is 2.30. The normalized spacial score (nSPS) is 13.3. The quantitative estimate of drug-likeness (QED) is 0.495. The highest BCUT2D eigenvalue weighted by molar-refractivity contribution is 5.94. The second kappa shape index (κ2) is 8.70. The summed E-state index contributed by atoms with van der Waals surface area (Å²) in [6, 6.07) is 7.35. The van der Waals surface area contributed by atoms with Crippen LogP contribution in [0.15, 0.2) is 34.9 Å². The molecule has 144 valence electrons. The number of rotatable bonds is 9. The van der Waals surface area contributed by atoms with Gasteiger partial charge in [-0.05, 0) is 43.5 Å². The van der Waals surface area contributed by atoms with Crippen LogP contribution in [-0.2, 0) is 11.3 Å². The lowest BCUT2D eigenvalue weighted by Crippen LogP contribution is -2.32. The molecule has 1 aromatic heterocycles. The standard InChI is InChI=1S/C20H24N2O5/c1-3-4-11-26-16-9-5-14(6-10-16)19(23)22(15-7-8-15)12-18-21-17(13-27-18)20(24)25-2/h5-6,9-10,13,15H,3-4,7-8,11-12H2,1-2H3. The third-order valence-electron chi connectivity index (χ3n) is 4.37. The molecule has 1 heterocycles. The zero-order valence-corrected chi connectivity index (χ0v) is 15.6. The molecule has 0 unspecified atom stereocenters. The number of hydrogen-bond acceptors (Lipinski definition) is 6. The number of benzene rings is 1. The summed E-state index contributed by atoms with van der Waals surface area (Å²) in [4.78, 5) is 30.3. The lowest BCUT2D eigenvalue weighted by atomic mass is 10.2. The fraction of sp³-hybridized carbons (Fsp3) is 0.450. The Balaban J connectivity index is 1.67. The maximum Gasteiger partial charge on any atom is 0.360 e. The van der Waals surface area contributed by atoms with Crippen molar-refractivity contribution in [2.75, 3.05) is 13.7 Å². The number of aromatic nitrogens is 1. The van der Waals surface area contributed by atoms with Gasteiger partial charge in [-0.25, -0.2) is 9.78 Å². The average Bonchev–Trinajstić information content (AvgIpc) is 3.43. The summed E-state index contributed by atoms with van der Waals surface area (Å²) < 4.78 is 15.6. The van der Waals surface area contributed by atoms with Gasteiger partial charge in [0.25, 0.3) is 5.91 Å². The Morgan fingerprint density at radius 1 is 1.26 bits per heavy atom. The SMILES string of the molecule is CCCCOc1ccc(C(=O)N(Cc2nc(C(=O)OC)co2)C2CC2)cc1. The van der Waals surface area contributed by atoms with E-state index < -0.39 is 5.97 Å². The van der Waals surface area contributed by atoms with Crippen molar-refractivity contribution in [2.45, 2.75) is 45.2 Å². The number of methoxy groups -OCH3 is 1. The van der Waals surface area contributed by atoms with Gasteiger partial charge >= 0.3 is 5.97 Å². The molecule has 1 aliphatic rings. The first-order valence-corrected chi connectivity index (χ1v) is 9.19. The Bertz CT molecular complexity index is 780. The first kappa shape index (κ1) is 18.9. The molecule has 1 saturated carbocycles. The van der Waals surface area contributed by atoms with Crippen molar-refractivity contribution in [3.63, 3.8) is 0 Å². The van der Waals surface area contributed by atoms with E-state index in [1.807, 2.05) is 12.1 Å². The third-order valence-corrected chi connectivity index (χ3v) is 4.37. The van der Waals surface area contributed by atoms with Crippen LogP contribution in [0.5, 0.6) is 5.75 Å². The van der Waals surface area contributed by atoms with Gasteiger partial charge in [0.2, 0.25) is 5.89 Å². The minimum atomic E-state index is -0.562. The van der Waals surface area contributed by atoms with Crippen LogP contribution in [0.1, 0.15) is 59.3 Å². The highest BCUT2D eigenvalue weighted by Gasteiger charge is 2.34. The Morgan fingerprint density at radius 2 is 2.00 bits per heavy atom. The van der Waals surface area contributed by atoms with Crippen LogP contribution < -0.4 is 4.74 Å². The van der Waals surface area contributed by atoms with Gasteiger partial charge in [0.15, 0.2) is 5.69 Å². The third kappa shape index (κ3) is 4.87. The van der Waals surface area contributed by atoms with Crippen molar-refractivity contribution >= 4 is 11.9 Å². The van der Waals surface area contributed by atoms with E-state index in [9.17, 15) is 9.59 Å². The van der Waals surface area contributed by atoms with Crippen LogP contribution in [0.4, 0.5) is 0 Å². The molecule has 0 saturated heterocycles. The molecule has 1 amide bonds. The molecule has 0 radical (unpaired) electrons. The average molecular weight is 372 g/mol. The number of unbranched alkanes of at least 4 members (excludes halogenated alkanes) is 1. The van der Waals surface area contributed by atoms with Crippen molar-refractivity contribution in [2.24, 2.45) is 0 Å². The molecule has 1 aliphatic carbocycles. The highest BCUT2D eigenvalue weighted by atomic mass is 16.5. The smallest absolute Gasteiger partial charge is 0.360 e. The van der Waals surface area contributed by atoms with Crippen LogP contribution in [0.3, 0.4) is 0 Å². The predicted molar refractivity (Wildman–Crippen MR) is 97.6 cm³/mol. The summed E-state index contributed by atoms with van der Waals surface area (Å²) in [7, 11) is 1.28. The van der Waals surface area contributed by atoms with Gasteiger partial charge in [0, 0.05) is 11.6 Å². The molecule has 0 atom stereocenters. The topological polar surface area (TPSA) is 81.9 Å². The fourth-order valence-corrected chi connectivity index (χ4v) is 2.67. The summed E-state index contributed by atoms with van der Waals surface area (Å²) in [5.41, 5.74) is 0.689. The van der Waals surface area contributed by atoms with E-state index in [1.165, 1.54) is 13.4 Å². The molecule has 1 aromatic carbocycles. The molecule has 0 N–H and O–H groups in total. The van der Waals surface area contributed by atoms with Crippen LogP contribution >= 0.6 is 0 Å². The van der Waals surface area contributed by atoms with Crippen molar-refractivity contribution in [3.8, 4) is 5.75 Å². The van der Waals surface area contributed by atoms with E-state index in [1.54, 1.807) is 17.0 Å². The minimum Gasteiger partial charge on any atom is -0.494 e. The van der Waals surface area contributed by atoms with Gasteiger partial charge in [-0.1, -0.05) is 13.3 Å². The van der Waals surface area contributed by atoms with E-state index >= 15 is 0 Å². The molecule has 0 bridgehead atoms. The van der Waals surface area contributed by atoms with Crippen molar-refractivity contribution < 1.29 is 23.5 Å². The molecule has 1 fully saturated rings. The van der Waals surface area contributed by atoms with Crippen LogP contribution in [0.2, 0.25) is 0 Å². The van der Waals surface area contributed by atoms with Crippen molar-refractivity contribution in [1.82, 2.24) is 9.88 Å². The summed E-state index contributed by atoms with van der Waals surface area (Å²) >= 11 is 0. The lowest BCUT2D eigenvalue weighted by Gasteiger charge is -2.21. The number of carbonyl (C=O) groups is 2.